The van der Waals surface area contributed by atoms with Crippen LogP contribution in [-0.4, -0.2) is 21.0 Å². The van der Waals surface area contributed by atoms with Crippen LogP contribution in [0.2, 0.25) is 0 Å². The number of nitrogens with one attached hydrogen (secondary N) is 2. The molecule has 1 heterocycles. The summed E-state index contributed by atoms with van der Waals surface area (Å²) in [6.45, 7) is 1.87. The number of carbonyl (C=O) groups is 1. The van der Waals surface area contributed by atoms with Gasteiger partial charge in [-0.2, -0.15) is 4.98 Å². The van der Waals surface area contributed by atoms with Gasteiger partial charge in [0.25, 0.3) is 11.5 Å². The fraction of sp³-hybridized carbons (Fsp3) is 0.0833. The normalized spacial score (nSPS) is 10.2. The fourth-order valence-corrected chi connectivity index (χ4v) is 1.60. The first-order chi connectivity index (χ1) is 8.97. The van der Waals surface area contributed by atoms with E-state index in [0.29, 0.717) is 5.69 Å². The first-order valence-electron chi connectivity index (χ1n) is 5.44. The van der Waals surface area contributed by atoms with Crippen LogP contribution in [-0.2, 0) is 0 Å². The van der Waals surface area contributed by atoms with Crippen LogP contribution in [0, 0.1) is 6.92 Å². The number of rotatable bonds is 2. The van der Waals surface area contributed by atoms with Gasteiger partial charge in [0.05, 0.1) is 0 Å². The molecule has 1 aromatic carbocycles. The Labute approximate surface area is 108 Å². The summed E-state index contributed by atoms with van der Waals surface area (Å²) in [5.74, 6) is -1.71. The number of nitrogens with zero attached hydrogens (tertiary/aromatic N) is 1. The summed E-state index contributed by atoms with van der Waals surface area (Å²) in [6, 6.07) is 7.02. The number of hydrogen-bond donors (Lipinski definition) is 4. The van der Waals surface area contributed by atoms with E-state index >= 15 is 0 Å². The lowest BCUT2D eigenvalue weighted by atomic mass is 10.2. The van der Waals surface area contributed by atoms with E-state index in [1.54, 1.807) is 18.2 Å². The molecule has 0 bridgehead atoms. The van der Waals surface area contributed by atoms with Gasteiger partial charge in [0.1, 0.15) is 0 Å². The van der Waals surface area contributed by atoms with Crippen LogP contribution in [0.4, 0.5) is 11.6 Å². The average molecular weight is 260 g/mol. The quantitative estimate of drug-likeness (QED) is 0.630. The number of aromatic amines is 1. The van der Waals surface area contributed by atoms with Crippen molar-refractivity contribution in [2.45, 2.75) is 6.92 Å². The fourth-order valence-electron chi connectivity index (χ4n) is 1.60. The van der Waals surface area contributed by atoms with E-state index < -0.39 is 22.9 Å². The molecule has 0 saturated heterocycles. The van der Waals surface area contributed by atoms with Crippen LogP contribution in [0.1, 0.15) is 15.9 Å². The van der Waals surface area contributed by atoms with Crippen molar-refractivity contribution in [1.82, 2.24) is 9.97 Å². The van der Waals surface area contributed by atoms with Crippen LogP contribution in [0.3, 0.4) is 0 Å². The topological polar surface area (TPSA) is 121 Å². The number of aryl methyl sites for hydroxylation is 1. The number of hydrogen-bond acceptors (Lipinski definition) is 5. The molecule has 0 aliphatic carbocycles. The van der Waals surface area contributed by atoms with Crippen LogP contribution >= 0.6 is 0 Å². The first-order valence-corrected chi connectivity index (χ1v) is 5.44. The Kier molecular flexibility index (Phi) is 3.19. The number of carbonyl (C=O) groups excluding carboxylic acids is 1. The van der Waals surface area contributed by atoms with Gasteiger partial charge in [-0.15, -0.1) is 0 Å². The summed E-state index contributed by atoms with van der Waals surface area (Å²) in [6.07, 6.45) is 0. The summed E-state index contributed by atoms with van der Waals surface area (Å²) >= 11 is 0. The van der Waals surface area contributed by atoms with Crippen molar-refractivity contribution in [2.24, 2.45) is 0 Å². The summed E-state index contributed by atoms with van der Waals surface area (Å²) < 4.78 is 0. The molecule has 2 rings (SSSR count). The van der Waals surface area contributed by atoms with Crippen LogP contribution in [0.5, 0.6) is 5.88 Å². The Balaban J connectivity index is 2.33. The van der Waals surface area contributed by atoms with Gasteiger partial charge in [0, 0.05) is 5.69 Å². The molecule has 0 saturated carbocycles. The number of amides is 1. The van der Waals surface area contributed by atoms with Crippen molar-refractivity contribution < 1.29 is 9.90 Å². The standard InChI is InChI=1S/C12H12N4O3/c1-6-3-2-4-7(5-6)14-9(17)8-10(18)15-12(13)16-11(8)19/h2-5H,1H3,(H,14,17)(H4,13,15,16,18,19). The Bertz CT molecular complexity index is 694. The monoisotopic (exact) mass is 260 g/mol. The number of nitrogen functional groups attached to an aromatic ring is 1. The molecule has 5 N–H and O–H groups in total. The number of nitrogens with two attached hydrogens (primary N) is 1. The number of anilines is 2. The SMILES string of the molecule is Cc1cccc(NC(=O)c2c(O)nc(N)[nH]c2=O)c1. The number of H-pyrrole nitrogens is 1. The molecular formula is C12H12N4O3. The van der Waals surface area contributed by atoms with E-state index in [2.05, 4.69) is 15.3 Å². The zero-order valence-corrected chi connectivity index (χ0v) is 10.1. The van der Waals surface area contributed by atoms with Gasteiger partial charge >= 0.3 is 0 Å². The Morgan fingerprint density at radius 2 is 2.21 bits per heavy atom. The molecule has 7 heteroatoms. The third-order valence-corrected chi connectivity index (χ3v) is 2.42. The number of aromatic nitrogens is 2. The lowest BCUT2D eigenvalue weighted by Crippen LogP contribution is -2.25. The number of benzene rings is 1. The highest BCUT2D eigenvalue weighted by atomic mass is 16.3. The van der Waals surface area contributed by atoms with Crippen LogP contribution in [0.25, 0.3) is 0 Å². The molecular weight excluding hydrogens is 248 g/mol. The molecule has 1 aromatic heterocycles. The first kappa shape index (κ1) is 12.6. The zero-order chi connectivity index (χ0) is 14.0. The molecule has 0 aliphatic heterocycles. The lowest BCUT2D eigenvalue weighted by molar-refractivity contribution is 0.102. The maximum Gasteiger partial charge on any atom is 0.269 e. The summed E-state index contributed by atoms with van der Waals surface area (Å²) in [5.41, 5.74) is 5.43. The third-order valence-electron chi connectivity index (χ3n) is 2.42. The van der Waals surface area contributed by atoms with Gasteiger partial charge in [0.15, 0.2) is 5.56 Å². The van der Waals surface area contributed by atoms with E-state index in [4.69, 9.17) is 5.73 Å². The largest absolute Gasteiger partial charge is 0.492 e. The molecule has 1 amide bonds. The highest BCUT2D eigenvalue weighted by Gasteiger charge is 2.18. The Morgan fingerprint density at radius 1 is 1.47 bits per heavy atom. The lowest BCUT2D eigenvalue weighted by Gasteiger charge is -2.06. The van der Waals surface area contributed by atoms with Gasteiger partial charge in [-0.05, 0) is 24.6 Å². The summed E-state index contributed by atoms with van der Waals surface area (Å²) in [7, 11) is 0. The van der Waals surface area contributed by atoms with Crippen LogP contribution < -0.4 is 16.6 Å². The van der Waals surface area contributed by atoms with Gasteiger partial charge in [-0.25, -0.2) is 0 Å². The number of aromatic hydroxyl groups is 1. The van der Waals surface area contributed by atoms with E-state index in [-0.39, 0.29) is 5.95 Å². The second kappa shape index (κ2) is 4.81. The predicted octanol–water partition coefficient (Wildman–Crippen LogP) is 0.618. The molecule has 0 radical (unpaired) electrons. The van der Waals surface area contributed by atoms with Crippen molar-refractivity contribution in [3.8, 4) is 5.88 Å². The van der Waals surface area contributed by atoms with Crippen molar-refractivity contribution in [1.29, 1.82) is 0 Å². The van der Waals surface area contributed by atoms with Gasteiger partial charge in [-0.1, -0.05) is 12.1 Å². The van der Waals surface area contributed by atoms with Gasteiger partial charge in [-0.3, -0.25) is 14.6 Å². The van der Waals surface area contributed by atoms with Crippen molar-refractivity contribution >= 4 is 17.5 Å². The summed E-state index contributed by atoms with van der Waals surface area (Å²) in [5, 5.41) is 12.0. The van der Waals surface area contributed by atoms with Crippen LogP contribution in [0.15, 0.2) is 29.1 Å². The second-order valence-corrected chi connectivity index (χ2v) is 3.97. The highest BCUT2D eigenvalue weighted by Crippen LogP contribution is 2.14. The molecule has 98 valence electrons. The van der Waals surface area contributed by atoms with Gasteiger partial charge < -0.3 is 16.2 Å². The van der Waals surface area contributed by atoms with E-state index in [1.807, 2.05) is 13.0 Å². The molecule has 7 nitrogen and oxygen atoms in total. The van der Waals surface area contributed by atoms with Crippen molar-refractivity contribution in [2.75, 3.05) is 11.1 Å². The third kappa shape index (κ3) is 2.71. The highest BCUT2D eigenvalue weighted by molar-refractivity contribution is 6.05. The maximum absolute atomic E-state index is 11.9. The molecule has 0 atom stereocenters. The van der Waals surface area contributed by atoms with E-state index in [0.717, 1.165) is 5.56 Å². The predicted molar refractivity (Wildman–Crippen MR) is 70.1 cm³/mol. The Morgan fingerprint density at radius 3 is 2.84 bits per heavy atom. The molecule has 0 spiro atoms. The van der Waals surface area contributed by atoms with Gasteiger partial charge in [0.2, 0.25) is 11.8 Å². The van der Waals surface area contributed by atoms with E-state index in [9.17, 15) is 14.7 Å². The molecule has 0 fully saturated rings. The molecule has 0 aliphatic rings. The summed E-state index contributed by atoms with van der Waals surface area (Å²) in [4.78, 5) is 29.0. The smallest absolute Gasteiger partial charge is 0.269 e. The maximum atomic E-state index is 11.9. The second-order valence-electron chi connectivity index (χ2n) is 3.97. The zero-order valence-electron chi connectivity index (χ0n) is 10.1. The van der Waals surface area contributed by atoms with Crippen molar-refractivity contribution in [3.63, 3.8) is 0 Å². The Hall–Kier alpha value is -2.83. The minimum absolute atomic E-state index is 0.255. The minimum atomic E-state index is -0.796. The molecule has 0 unspecified atom stereocenters. The molecule has 19 heavy (non-hydrogen) atoms. The average Bonchev–Trinajstić information content (AvgIpc) is 2.27. The molecule has 2 aromatic rings. The van der Waals surface area contributed by atoms with E-state index in [1.165, 1.54) is 0 Å². The minimum Gasteiger partial charge on any atom is -0.492 e. The van der Waals surface area contributed by atoms with Crippen molar-refractivity contribution in [3.05, 3.63) is 45.7 Å².